The molecule has 4 fully saturated rings. The number of piperidine rings is 2. The van der Waals surface area contributed by atoms with E-state index in [-0.39, 0.29) is 10.6 Å². The first kappa shape index (κ1) is 46.8. The third-order valence-corrected chi connectivity index (χ3v) is 10.6. The lowest BCUT2D eigenvalue weighted by atomic mass is 9.90. The monoisotopic (exact) mass is 750 g/mol. The maximum Gasteiger partial charge on any atom is 0.151 e. The summed E-state index contributed by atoms with van der Waals surface area (Å²) in [6, 6.07) is 1.54. The van der Waals surface area contributed by atoms with E-state index in [1.54, 1.807) is 0 Å². The lowest BCUT2D eigenvalue weighted by molar-refractivity contribution is -0.104. The van der Waals surface area contributed by atoms with Crippen LogP contribution in [0, 0.1) is 17.2 Å². The van der Waals surface area contributed by atoms with Crippen LogP contribution in [0.4, 0.5) is 0 Å². The highest BCUT2D eigenvalue weighted by Crippen LogP contribution is 2.37. The Hall–Kier alpha value is -2.27. The molecule has 2 unspecified atom stereocenters. The van der Waals surface area contributed by atoms with Crippen LogP contribution in [0.5, 0.6) is 0 Å². The molecule has 3 saturated heterocycles. The smallest absolute Gasteiger partial charge is 0.151 e. The minimum atomic E-state index is 0.218. The number of amidine groups is 1. The molecule has 1 saturated carbocycles. The van der Waals surface area contributed by atoms with Crippen molar-refractivity contribution in [3.05, 3.63) is 57.4 Å². The molecule has 51 heavy (non-hydrogen) atoms. The van der Waals surface area contributed by atoms with E-state index >= 15 is 0 Å². The molecule has 0 aromatic heterocycles. The van der Waals surface area contributed by atoms with Crippen LogP contribution in [-0.4, -0.2) is 117 Å². The molecule has 0 aromatic rings. The SMILES string of the molecule is C=C(Cl)/C=C(\C=N)C=O.CCOCC1CCN(C)CC1.CO.C\C=C(Cl)/C=C(C)/C(NC(C)=NC)=C(/C)N1CC2CCCN(C3CCCC3)C2C1. The van der Waals surface area contributed by atoms with Crippen molar-refractivity contribution in [2.45, 2.75) is 98.1 Å². The number of aliphatic hydroxyl groups excluding tert-OH is 1. The molecule has 3 aliphatic heterocycles. The van der Waals surface area contributed by atoms with Gasteiger partial charge in [0.25, 0.3) is 0 Å². The van der Waals surface area contributed by atoms with Gasteiger partial charge in [-0.2, -0.15) is 0 Å². The van der Waals surface area contributed by atoms with E-state index in [1.165, 1.54) is 82.8 Å². The Morgan fingerprint density at radius 3 is 2.18 bits per heavy atom. The Kier molecular flexibility index (Phi) is 24.3. The number of ether oxygens (including phenoxy) is 1. The highest BCUT2D eigenvalue weighted by molar-refractivity contribution is 6.31. The van der Waals surface area contributed by atoms with Gasteiger partial charge in [-0.05, 0) is 129 Å². The summed E-state index contributed by atoms with van der Waals surface area (Å²) in [5.41, 5.74) is 3.81. The Bertz CT molecular complexity index is 1200. The van der Waals surface area contributed by atoms with Crippen LogP contribution >= 0.6 is 23.2 Å². The Morgan fingerprint density at radius 1 is 1.02 bits per heavy atom. The first-order chi connectivity index (χ1) is 24.5. The molecular formula is C40H68Cl2N6O3. The third-order valence-electron chi connectivity index (χ3n) is 10.1. The quantitative estimate of drug-likeness (QED) is 0.0652. The van der Waals surface area contributed by atoms with Crippen molar-refractivity contribution in [3.63, 3.8) is 0 Å². The van der Waals surface area contributed by atoms with E-state index in [0.29, 0.717) is 12.3 Å². The molecular weight excluding hydrogens is 683 g/mol. The normalized spacial score (nSPS) is 23.1. The summed E-state index contributed by atoms with van der Waals surface area (Å²) in [6.07, 6.45) is 17.8. The number of aldehydes is 1. The summed E-state index contributed by atoms with van der Waals surface area (Å²) in [5, 5.41) is 18.2. The molecule has 11 heteroatoms. The minimum Gasteiger partial charge on any atom is -0.400 e. The number of allylic oxidation sites excluding steroid dienone is 8. The van der Waals surface area contributed by atoms with E-state index in [2.05, 4.69) is 59.4 Å². The fraction of sp³-hybridized carbons (Fsp3) is 0.675. The second-order valence-electron chi connectivity index (χ2n) is 13.7. The van der Waals surface area contributed by atoms with Crippen LogP contribution in [0.1, 0.15) is 86.0 Å². The average Bonchev–Trinajstić information content (AvgIpc) is 3.84. The second-order valence-corrected chi connectivity index (χ2v) is 14.6. The number of carbonyl (C=O) groups excluding carboxylic acids is 1. The highest BCUT2D eigenvalue weighted by atomic mass is 35.5. The Morgan fingerprint density at radius 2 is 1.67 bits per heavy atom. The molecule has 0 aromatic carbocycles. The maximum absolute atomic E-state index is 9.95. The number of rotatable bonds is 11. The van der Waals surface area contributed by atoms with Crippen LogP contribution in [0.15, 0.2) is 62.4 Å². The standard InChI is InChI=1S/C24H39ClN4.C9H19NO.C6H6ClNO.CH4O/c1-6-21(25)14-17(2)24(27-19(4)26-5)18(3)28-15-20-10-9-13-29(23(20)16-28)22-11-7-8-12-22;1-3-11-8-9-4-6-10(2)7-5-9;1-5(7)2-6(3-8)4-9;1-2/h6,14,20,22-23H,7-13,15-16H2,1-5H3,(H,26,27);9H,3-8H2,1-2H3;2-4,8H,1H2;2H,1H3/b17-14+,21-6+,24-18+;;6-2+,8-3?;. The fourth-order valence-electron chi connectivity index (χ4n) is 7.21. The summed E-state index contributed by atoms with van der Waals surface area (Å²) < 4.78 is 5.39. The van der Waals surface area contributed by atoms with Gasteiger partial charge in [0, 0.05) is 80.1 Å². The summed E-state index contributed by atoms with van der Waals surface area (Å²) in [6.45, 7) is 21.7. The van der Waals surface area contributed by atoms with E-state index in [1.807, 2.05) is 33.0 Å². The second kappa shape index (κ2) is 26.5. The Balaban J connectivity index is 0.000000483. The zero-order valence-electron chi connectivity index (χ0n) is 32.8. The molecule has 290 valence electrons. The van der Waals surface area contributed by atoms with Crippen molar-refractivity contribution in [1.82, 2.24) is 20.0 Å². The molecule has 3 heterocycles. The number of hydrogen-bond acceptors (Lipinski definition) is 8. The summed E-state index contributed by atoms with van der Waals surface area (Å²) in [4.78, 5) is 22.1. The number of likely N-dealkylation sites (tertiary alicyclic amines) is 3. The van der Waals surface area contributed by atoms with E-state index in [9.17, 15) is 4.79 Å². The number of carbonyl (C=O) groups is 1. The van der Waals surface area contributed by atoms with Crippen LogP contribution in [0.2, 0.25) is 0 Å². The molecule has 3 N–H and O–H groups in total. The first-order valence-electron chi connectivity index (χ1n) is 18.6. The van der Waals surface area contributed by atoms with E-state index in [4.69, 9.17) is 38.5 Å². The van der Waals surface area contributed by atoms with Crippen molar-refractivity contribution >= 4 is 41.5 Å². The van der Waals surface area contributed by atoms with Crippen LogP contribution < -0.4 is 5.32 Å². The largest absolute Gasteiger partial charge is 0.400 e. The van der Waals surface area contributed by atoms with E-state index in [0.717, 1.165) is 79.6 Å². The first-order valence-corrected chi connectivity index (χ1v) is 19.4. The van der Waals surface area contributed by atoms with Gasteiger partial charge in [0.1, 0.15) is 0 Å². The molecule has 2 atom stereocenters. The van der Waals surface area contributed by atoms with Gasteiger partial charge in [-0.3, -0.25) is 14.7 Å². The van der Waals surface area contributed by atoms with Crippen molar-refractivity contribution in [2.75, 3.05) is 67.1 Å². The lowest BCUT2D eigenvalue weighted by Crippen LogP contribution is -2.49. The predicted molar refractivity (Wildman–Crippen MR) is 218 cm³/mol. The van der Waals surface area contributed by atoms with E-state index < -0.39 is 0 Å². The van der Waals surface area contributed by atoms with Crippen molar-refractivity contribution in [3.8, 4) is 0 Å². The molecule has 9 nitrogen and oxygen atoms in total. The number of hydrogen-bond donors (Lipinski definition) is 3. The predicted octanol–water partition coefficient (Wildman–Crippen LogP) is 7.77. The number of nitrogens with zero attached hydrogens (tertiary/aromatic N) is 4. The summed E-state index contributed by atoms with van der Waals surface area (Å²) in [7, 11) is 5.02. The molecule has 0 radical (unpaired) electrons. The zero-order chi connectivity index (χ0) is 38.3. The van der Waals surface area contributed by atoms with Crippen LogP contribution in [-0.2, 0) is 9.53 Å². The Labute approximate surface area is 320 Å². The van der Waals surface area contributed by atoms with Gasteiger partial charge in [0.2, 0.25) is 0 Å². The van der Waals surface area contributed by atoms with Crippen molar-refractivity contribution in [2.24, 2.45) is 16.8 Å². The van der Waals surface area contributed by atoms with Gasteiger partial charge in [-0.1, -0.05) is 48.7 Å². The third kappa shape index (κ3) is 17.0. The number of halogens is 2. The number of aliphatic hydroxyl groups is 1. The molecule has 0 amide bonds. The van der Waals surface area contributed by atoms with Gasteiger partial charge >= 0.3 is 0 Å². The fourth-order valence-corrected chi connectivity index (χ4v) is 7.50. The summed E-state index contributed by atoms with van der Waals surface area (Å²) in [5.74, 6) is 2.55. The zero-order valence-corrected chi connectivity index (χ0v) is 34.3. The van der Waals surface area contributed by atoms with Gasteiger partial charge < -0.3 is 30.4 Å². The van der Waals surface area contributed by atoms with Gasteiger partial charge in [0.15, 0.2) is 6.29 Å². The number of nitrogens with one attached hydrogen (secondary N) is 2. The van der Waals surface area contributed by atoms with Crippen LogP contribution in [0.3, 0.4) is 0 Å². The topological polar surface area (TPSA) is 104 Å². The molecule has 0 spiro atoms. The number of fused-ring (bicyclic) bond motifs is 1. The van der Waals surface area contributed by atoms with Crippen molar-refractivity contribution in [1.29, 1.82) is 5.41 Å². The van der Waals surface area contributed by atoms with Crippen molar-refractivity contribution < 1.29 is 14.6 Å². The lowest BCUT2D eigenvalue weighted by Gasteiger charge is -2.40. The van der Waals surface area contributed by atoms with Crippen LogP contribution in [0.25, 0.3) is 0 Å². The highest BCUT2D eigenvalue weighted by Gasteiger charge is 2.42. The molecule has 1 aliphatic carbocycles. The van der Waals surface area contributed by atoms with Gasteiger partial charge in [-0.25, -0.2) is 0 Å². The number of aliphatic imine (C=N–C) groups is 1. The minimum absolute atomic E-state index is 0.218. The molecule has 4 rings (SSSR count). The molecule has 4 aliphatic rings. The maximum atomic E-state index is 9.95. The van der Waals surface area contributed by atoms with Gasteiger partial charge in [0.05, 0.1) is 11.5 Å². The average molecular weight is 752 g/mol. The molecule has 0 bridgehead atoms. The van der Waals surface area contributed by atoms with Gasteiger partial charge in [-0.15, -0.1) is 0 Å². The summed E-state index contributed by atoms with van der Waals surface area (Å²) >= 11 is 11.6.